The molecule has 0 radical (unpaired) electrons. The molecule has 0 bridgehead atoms. The first-order valence-electron chi connectivity index (χ1n) is 8.85. The summed E-state index contributed by atoms with van der Waals surface area (Å²) in [6, 6.07) is 0. The van der Waals surface area contributed by atoms with Crippen molar-refractivity contribution in [3.63, 3.8) is 0 Å². The first-order valence-corrected chi connectivity index (χ1v) is 8.85. The van der Waals surface area contributed by atoms with Crippen LogP contribution in [0.5, 0.6) is 0 Å². The molecule has 0 spiro atoms. The molecule has 2 atom stereocenters. The first-order chi connectivity index (χ1) is 11.1. The second kappa shape index (κ2) is 5.09. The van der Waals surface area contributed by atoms with Crippen LogP contribution in [0.3, 0.4) is 0 Å². The molecule has 0 aromatic carbocycles. The van der Waals surface area contributed by atoms with Gasteiger partial charge in [0.1, 0.15) is 5.60 Å². The lowest BCUT2D eigenvalue weighted by Crippen LogP contribution is -2.44. The van der Waals surface area contributed by atoms with E-state index in [1.54, 1.807) is 20.8 Å². The van der Waals surface area contributed by atoms with Gasteiger partial charge in [-0.05, 0) is 54.9 Å². The van der Waals surface area contributed by atoms with Crippen LogP contribution in [0.2, 0.25) is 5.31 Å². The second-order valence-electron chi connectivity index (χ2n) is 9.48. The van der Waals surface area contributed by atoms with Gasteiger partial charge in [-0.15, -0.1) is 0 Å². The van der Waals surface area contributed by atoms with Crippen LogP contribution in [0.25, 0.3) is 0 Å². The summed E-state index contributed by atoms with van der Waals surface area (Å²) >= 11 is 0. The fourth-order valence-corrected chi connectivity index (χ4v) is 3.79. The van der Waals surface area contributed by atoms with E-state index in [0.29, 0.717) is 0 Å². The van der Waals surface area contributed by atoms with Gasteiger partial charge in [0.25, 0.3) is 5.92 Å². The molecule has 2 unspecified atom stereocenters. The molecule has 3 fully saturated rings. The number of nitrogens with zero attached hydrogens (tertiary/aromatic N) is 1. The highest BCUT2D eigenvalue weighted by Gasteiger charge is 2.88. The summed E-state index contributed by atoms with van der Waals surface area (Å²) in [5.41, 5.74) is -1.96. The highest BCUT2D eigenvalue weighted by Crippen LogP contribution is 2.78. The predicted molar refractivity (Wildman–Crippen MR) is 89.6 cm³/mol. The molecule has 3 rings (SSSR count). The molecule has 3 aliphatic rings. The quantitative estimate of drug-likeness (QED) is 0.670. The summed E-state index contributed by atoms with van der Waals surface area (Å²) in [4.78, 5) is 13.6. The van der Waals surface area contributed by atoms with Gasteiger partial charge in [0, 0.05) is 13.1 Å². The molecule has 0 aromatic heterocycles. The van der Waals surface area contributed by atoms with Gasteiger partial charge in [0.15, 0.2) is 0 Å². The Morgan fingerprint density at radius 1 is 1.16 bits per heavy atom. The Kier molecular flexibility index (Phi) is 3.85. The van der Waals surface area contributed by atoms with Crippen LogP contribution in [0, 0.1) is 5.92 Å². The van der Waals surface area contributed by atoms with Gasteiger partial charge in [-0.2, -0.15) is 0 Å². The Morgan fingerprint density at radius 3 is 2.12 bits per heavy atom. The van der Waals surface area contributed by atoms with Crippen LogP contribution in [-0.2, 0) is 14.0 Å². The average molecular weight is 359 g/mol. The van der Waals surface area contributed by atoms with E-state index >= 15 is 0 Å². The van der Waals surface area contributed by atoms with Crippen LogP contribution < -0.4 is 0 Å². The standard InChI is InChI=1S/C17H28BF2NO4/c1-13(2,3)23-12(22)21-9-8-16(11(10-21)17(16,19)20)18-24-14(4,5)15(6,7)25-18/h11H,8-10H2,1-7H3. The summed E-state index contributed by atoms with van der Waals surface area (Å²) in [6.45, 7) is 12.9. The molecular weight excluding hydrogens is 331 g/mol. The molecule has 2 saturated heterocycles. The van der Waals surface area contributed by atoms with Gasteiger partial charge in [-0.25, -0.2) is 13.6 Å². The lowest BCUT2D eigenvalue weighted by atomic mass is 9.63. The molecule has 5 nitrogen and oxygen atoms in total. The van der Waals surface area contributed by atoms with Crippen LogP contribution in [0.4, 0.5) is 13.6 Å². The van der Waals surface area contributed by atoms with E-state index in [1.165, 1.54) is 4.90 Å². The van der Waals surface area contributed by atoms with Gasteiger partial charge in [0.2, 0.25) is 0 Å². The lowest BCUT2D eigenvalue weighted by Gasteiger charge is -2.32. The van der Waals surface area contributed by atoms with E-state index in [9.17, 15) is 13.6 Å². The Labute approximate surface area is 148 Å². The van der Waals surface area contributed by atoms with Crippen LogP contribution >= 0.6 is 0 Å². The van der Waals surface area contributed by atoms with E-state index in [2.05, 4.69) is 0 Å². The van der Waals surface area contributed by atoms with Crippen LogP contribution in [0.1, 0.15) is 54.9 Å². The minimum atomic E-state index is -2.91. The number of hydrogen-bond acceptors (Lipinski definition) is 4. The van der Waals surface area contributed by atoms with Crippen molar-refractivity contribution >= 4 is 13.2 Å². The average Bonchev–Trinajstić information content (AvgIpc) is 2.82. The second-order valence-corrected chi connectivity index (χ2v) is 9.48. The summed E-state index contributed by atoms with van der Waals surface area (Å²) < 4.78 is 46.7. The number of rotatable bonds is 1. The highest BCUT2D eigenvalue weighted by atomic mass is 19.3. The fraction of sp³-hybridized carbons (Fsp3) is 0.941. The van der Waals surface area contributed by atoms with Crippen molar-refractivity contribution < 1.29 is 27.6 Å². The third-order valence-electron chi connectivity index (χ3n) is 6.12. The number of fused-ring (bicyclic) bond motifs is 1. The van der Waals surface area contributed by atoms with Crippen molar-refractivity contribution in [2.75, 3.05) is 13.1 Å². The third-order valence-corrected chi connectivity index (χ3v) is 6.12. The van der Waals surface area contributed by atoms with Crippen molar-refractivity contribution in [3.8, 4) is 0 Å². The van der Waals surface area contributed by atoms with Gasteiger partial charge in [0.05, 0.1) is 22.4 Å². The molecule has 1 saturated carbocycles. The molecule has 2 heterocycles. The molecule has 0 N–H and O–H groups in total. The number of hydrogen-bond donors (Lipinski definition) is 0. The van der Waals surface area contributed by atoms with Gasteiger partial charge in [-0.3, -0.25) is 0 Å². The van der Waals surface area contributed by atoms with Gasteiger partial charge >= 0.3 is 13.2 Å². The Hall–Kier alpha value is -0.885. The first kappa shape index (κ1) is 18.9. The number of halogens is 2. The van der Waals surface area contributed by atoms with Crippen molar-refractivity contribution in [1.82, 2.24) is 4.90 Å². The highest BCUT2D eigenvalue weighted by molar-refractivity contribution is 6.52. The number of carbonyl (C=O) groups excluding carboxylic acids is 1. The Morgan fingerprint density at radius 2 is 1.68 bits per heavy atom. The number of carbonyl (C=O) groups is 1. The predicted octanol–water partition coefficient (Wildman–Crippen LogP) is 3.72. The normalized spacial score (nSPS) is 35.3. The maximum atomic E-state index is 14.7. The Bertz CT molecular complexity index is 574. The van der Waals surface area contributed by atoms with Crippen molar-refractivity contribution in [3.05, 3.63) is 0 Å². The zero-order valence-corrected chi connectivity index (χ0v) is 16.1. The van der Waals surface area contributed by atoms with Crippen LogP contribution in [0.15, 0.2) is 0 Å². The molecule has 1 amide bonds. The van der Waals surface area contributed by atoms with Crippen molar-refractivity contribution in [2.24, 2.45) is 5.92 Å². The molecule has 142 valence electrons. The van der Waals surface area contributed by atoms with E-state index in [1.807, 2.05) is 27.7 Å². The van der Waals surface area contributed by atoms with Crippen molar-refractivity contribution in [1.29, 1.82) is 0 Å². The summed E-state index contributed by atoms with van der Waals surface area (Å²) in [7, 11) is -0.960. The van der Waals surface area contributed by atoms with Crippen molar-refractivity contribution in [2.45, 2.75) is 82.9 Å². The number of piperidine rings is 1. The summed E-state index contributed by atoms with van der Waals surface area (Å²) in [6.07, 6.45) is -0.404. The molecule has 8 heteroatoms. The summed E-state index contributed by atoms with van der Waals surface area (Å²) in [5.74, 6) is -3.87. The zero-order valence-electron chi connectivity index (χ0n) is 16.1. The monoisotopic (exact) mass is 359 g/mol. The molecule has 2 aliphatic heterocycles. The number of alkyl halides is 2. The fourth-order valence-electron chi connectivity index (χ4n) is 3.79. The smallest absolute Gasteiger partial charge is 0.444 e. The van der Waals surface area contributed by atoms with E-state index < -0.39 is 47.2 Å². The van der Waals surface area contributed by atoms with Gasteiger partial charge < -0.3 is 18.9 Å². The topological polar surface area (TPSA) is 48.0 Å². The largest absolute Gasteiger partial charge is 0.471 e. The number of likely N-dealkylation sites (tertiary alicyclic amines) is 1. The van der Waals surface area contributed by atoms with Crippen LogP contribution in [-0.4, -0.2) is 53.9 Å². The van der Waals surface area contributed by atoms with E-state index in [-0.39, 0.29) is 19.5 Å². The van der Waals surface area contributed by atoms with Gasteiger partial charge in [-0.1, -0.05) is 0 Å². The minimum absolute atomic E-state index is 0.0357. The lowest BCUT2D eigenvalue weighted by molar-refractivity contribution is 0.00578. The van der Waals surface area contributed by atoms with E-state index in [0.717, 1.165) is 0 Å². The Balaban J connectivity index is 1.75. The molecule has 25 heavy (non-hydrogen) atoms. The molecular formula is C17H28BF2NO4. The molecule has 1 aliphatic carbocycles. The zero-order chi connectivity index (χ0) is 19.1. The number of ether oxygens (including phenoxy) is 1. The SMILES string of the molecule is CC(C)(C)OC(=O)N1CCC2(B3OC(C)(C)C(C)(C)O3)C(C1)C2(F)F. The summed E-state index contributed by atoms with van der Waals surface area (Å²) in [5, 5.41) is -1.35. The third kappa shape index (κ3) is 2.67. The maximum Gasteiger partial charge on any atom is 0.471 e. The molecule has 0 aromatic rings. The van der Waals surface area contributed by atoms with E-state index in [4.69, 9.17) is 14.0 Å². The number of amides is 1. The maximum absolute atomic E-state index is 14.7. The minimum Gasteiger partial charge on any atom is -0.444 e.